The summed E-state index contributed by atoms with van der Waals surface area (Å²) in [4.78, 5) is 7.10. The number of rotatable bonds is 3. The first-order valence-corrected chi connectivity index (χ1v) is 13.0. The van der Waals surface area contributed by atoms with Crippen molar-refractivity contribution < 1.29 is 0 Å². The van der Waals surface area contributed by atoms with Crippen LogP contribution < -0.4 is 4.90 Å². The largest absolute Gasteiger partial charge is 0.365 e. The maximum Gasteiger partial charge on any atom is 0.0630 e. The lowest BCUT2D eigenvalue weighted by Crippen LogP contribution is -2.48. The van der Waals surface area contributed by atoms with Crippen molar-refractivity contribution in [2.45, 2.75) is 70.3 Å². The van der Waals surface area contributed by atoms with Crippen LogP contribution in [0.1, 0.15) is 76.0 Å². The van der Waals surface area contributed by atoms with Gasteiger partial charge in [0.2, 0.25) is 0 Å². The fourth-order valence-corrected chi connectivity index (χ4v) is 8.00. The van der Waals surface area contributed by atoms with E-state index in [2.05, 4.69) is 75.2 Å². The van der Waals surface area contributed by atoms with Gasteiger partial charge >= 0.3 is 0 Å². The molecule has 4 bridgehead atoms. The second-order valence-electron chi connectivity index (χ2n) is 11.9. The van der Waals surface area contributed by atoms with Crippen LogP contribution in [0.2, 0.25) is 5.02 Å². The molecule has 2 aromatic carbocycles. The summed E-state index contributed by atoms with van der Waals surface area (Å²) in [5.74, 6) is 2.92. The van der Waals surface area contributed by atoms with Crippen molar-refractivity contribution in [1.82, 2.24) is 0 Å². The number of anilines is 1. The smallest absolute Gasteiger partial charge is 0.0630 e. The first kappa shape index (κ1) is 21.5. The predicted octanol–water partition coefficient (Wildman–Crippen LogP) is 8.19. The molecule has 0 spiro atoms. The number of halogens is 1. The monoisotopic (exact) mass is 458 g/mol. The lowest BCUT2D eigenvalue weighted by Gasteiger charge is -2.57. The van der Waals surface area contributed by atoms with Crippen molar-refractivity contribution in [2.24, 2.45) is 22.7 Å². The molecule has 4 saturated carbocycles. The highest BCUT2D eigenvalue weighted by atomic mass is 35.5. The van der Waals surface area contributed by atoms with Crippen LogP contribution in [0.15, 0.2) is 47.5 Å². The summed E-state index contributed by atoms with van der Waals surface area (Å²) in [6.07, 6.45) is 12.9. The fraction of sp³-hybridized carbons (Fsp3) is 0.500. The van der Waals surface area contributed by atoms with Crippen molar-refractivity contribution in [3.63, 3.8) is 0 Å². The molecule has 2 aromatic rings. The molecule has 0 radical (unpaired) electrons. The Bertz CT molecular complexity index is 1120. The molecule has 0 atom stereocenters. The SMILES string of the molecule is CC1=CC(C)(C)N(C)c2cc(Cl)c(C=Nc3ccc(C45CC6CC(CC(C6)C4)C5)cc3)cc21. The minimum Gasteiger partial charge on any atom is -0.365 e. The van der Waals surface area contributed by atoms with E-state index in [-0.39, 0.29) is 5.54 Å². The third kappa shape index (κ3) is 3.57. The topological polar surface area (TPSA) is 15.6 Å². The minimum atomic E-state index is -0.0194. The maximum absolute atomic E-state index is 6.70. The number of allylic oxidation sites excluding steroid dienone is 1. The van der Waals surface area contributed by atoms with Gasteiger partial charge in [-0.2, -0.15) is 0 Å². The number of hydrogen-bond acceptors (Lipinski definition) is 2. The van der Waals surface area contributed by atoms with Crippen molar-refractivity contribution in [2.75, 3.05) is 11.9 Å². The first-order valence-electron chi connectivity index (χ1n) is 12.6. The highest BCUT2D eigenvalue weighted by Gasteiger charge is 2.51. The highest BCUT2D eigenvalue weighted by Crippen LogP contribution is 2.60. The number of nitrogens with zero attached hydrogens (tertiary/aromatic N) is 2. The third-order valence-corrected chi connectivity index (χ3v) is 9.53. The van der Waals surface area contributed by atoms with Gasteiger partial charge in [-0.1, -0.05) is 29.8 Å². The van der Waals surface area contributed by atoms with Gasteiger partial charge in [0.1, 0.15) is 0 Å². The van der Waals surface area contributed by atoms with E-state index in [1.54, 1.807) is 5.56 Å². The molecule has 0 aromatic heterocycles. The van der Waals surface area contributed by atoms with Crippen LogP contribution in [0.25, 0.3) is 5.57 Å². The van der Waals surface area contributed by atoms with Gasteiger partial charge < -0.3 is 4.90 Å². The Kier molecular flexibility index (Phi) is 4.86. The predicted molar refractivity (Wildman–Crippen MR) is 141 cm³/mol. The van der Waals surface area contributed by atoms with Gasteiger partial charge in [-0.15, -0.1) is 0 Å². The zero-order valence-electron chi connectivity index (χ0n) is 20.4. The van der Waals surface area contributed by atoms with Crippen LogP contribution in [0, 0.1) is 17.8 Å². The van der Waals surface area contributed by atoms with Crippen molar-refractivity contribution in [1.29, 1.82) is 0 Å². The van der Waals surface area contributed by atoms with Crippen LogP contribution in [-0.2, 0) is 5.41 Å². The van der Waals surface area contributed by atoms with E-state index in [1.807, 2.05) is 6.21 Å². The molecule has 5 aliphatic rings. The molecular formula is C30H35ClN2. The van der Waals surface area contributed by atoms with E-state index >= 15 is 0 Å². The molecule has 1 aliphatic heterocycles. The third-order valence-electron chi connectivity index (χ3n) is 9.21. The molecule has 0 saturated heterocycles. The Morgan fingerprint density at radius 2 is 1.58 bits per heavy atom. The molecule has 0 N–H and O–H groups in total. The average molecular weight is 459 g/mol. The zero-order chi connectivity index (χ0) is 23.0. The quantitative estimate of drug-likeness (QED) is 0.423. The molecule has 7 rings (SSSR count). The summed E-state index contributed by atoms with van der Waals surface area (Å²) in [5.41, 5.74) is 7.67. The summed E-state index contributed by atoms with van der Waals surface area (Å²) in [7, 11) is 2.14. The summed E-state index contributed by atoms with van der Waals surface area (Å²) in [6, 6.07) is 13.4. The normalized spacial score (nSPS) is 31.7. The Hall–Kier alpha value is -2.06. The van der Waals surface area contributed by atoms with Gasteiger partial charge in [0.25, 0.3) is 0 Å². The number of benzene rings is 2. The number of likely N-dealkylation sites (N-methyl/N-ethyl adjacent to an activating group) is 1. The molecule has 0 unspecified atom stereocenters. The minimum absolute atomic E-state index is 0.0194. The molecule has 172 valence electrons. The first-order chi connectivity index (χ1) is 15.7. The highest BCUT2D eigenvalue weighted by molar-refractivity contribution is 6.33. The number of fused-ring (bicyclic) bond motifs is 1. The van der Waals surface area contributed by atoms with Crippen LogP contribution in [-0.4, -0.2) is 18.8 Å². The van der Waals surface area contributed by atoms with Gasteiger partial charge in [-0.3, -0.25) is 4.99 Å². The zero-order valence-corrected chi connectivity index (χ0v) is 21.1. The second-order valence-corrected chi connectivity index (χ2v) is 12.3. The molecule has 3 heteroatoms. The second kappa shape index (κ2) is 7.47. The van der Waals surface area contributed by atoms with Gasteiger partial charge in [-0.05, 0) is 118 Å². The van der Waals surface area contributed by atoms with Gasteiger partial charge in [-0.25, -0.2) is 0 Å². The standard InChI is InChI=1S/C30H35ClN2/c1-19-14-29(2,3)33(4)28-13-27(31)23(12-26(19)28)18-32-25-7-5-24(6-8-25)30-15-20-9-21(16-30)11-22(10-20)17-30/h5-8,12-14,18,20-22H,9-11,15-17H2,1-4H3. The van der Waals surface area contributed by atoms with E-state index in [4.69, 9.17) is 16.6 Å². The maximum atomic E-state index is 6.70. The van der Waals surface area contributed by atoms with Gasteiger partial charge in [0.15, 0.2) is 0 Å². The van der Waals surface area contributed by atoms with Gasteiger partial charge in [0.05, 0.1) is 16.2 Å². The molecular weight excluding hydrogens is 424 g/mol. The Balaban J connectivity index is 1.25. The molecule has 1 heterocycles. The Morgan fingerprint density at radius 1 is 0.970 bits per heavy atom. The van der Waals surface area contributed by atoms with Crippen LogP contribution in [0.3, 0.4) is 0 Å². The Morgan fingerprint density at radius 3 is 2.18 bits per heavy atom. The van der Waals surface area contributed by atoms with E-state index in [9.17, 15) is 0 Å². The van der Waals surface area contributed by atoms with Crippen LogP contribution >= 0.6 is 11.6 Å². The average Bonchev–Trinajstić information content (AvgIpc) is 2.76. The summed E-state index contributed by atoms with van der Waals surface area (Å²) < 4.78 is 0. The van der Waals surface area contributed by atoms with Crippen molar-refractivity contribution >= 4 is 34.8 Å². The Labute approximate surface area is 203 Å². The molecule has 4 aliphatic carbocycles. The molecule has 2 nitrogen and oxygen atoms in total. The summed E-state index contributed by atoms with van der Waals surface area (Å²) in [6.45, 7) is 6.65. The van der Waals surface area contributed by atoms with Crippen molar-refractivity contribution in [3.8, 4) is 0 Å². The molecule has 33 heavy (non-hydrogen) atoms. The van der Waals surface area contributed by atoms with E-state index < -0.39 is 0 Å². The van der Waals surface area contributed by atoms with Crippen LogP contribution in [0.5, 0.6) is 0 Å². The number of hydrogen-bond donors (Lipinski definition) is 0. The number of aliphatic imine (C=N–C) groups is 1. The van der Waals surface area contributed by atoms with Gasteiger partial charge in [0, 0.05) is 30.1 Å². The lowest BCUT2D eigenvalue weighted by atomic mass is 9.48. The van der Waals surface area contributed by atoms with E-state index in [1.165, 1.54) is 55.3 Å². The summed E-state index contributed by atoms with van der Waals surface area (Å²) >= 11 is 6.70. The van der Waals surface area contributed by atoms with E-state index in [0.29, 0.717) is 5.41 Å². The van der Waals surface area contributed by atoms with Crippen molar-refractivity contribution in [3.05, 3.63) is 64.2 Å². The van der Waals surface area contributed by atoms with Crippen LogP contribution in [0.4, 0.5) is 11.4 Å². The molecule has 4 fully saturated rings. The lowest BCUT2D eigenvalue weighted by molar-refractivity contribution is -0.00518. The fourth-order valence-electron chi connectivity index (χ4n) is 7.80. The summed E-state index contributed by atoms with van der Waals surface area (Å²) in [5, 5.41) is 0.750. The molecule has 0 amide bonds. The van der Waals surface area contributed by atoms with E-state index in [0.717, 1.165) is 34.0 Å².